The highest BCUT2D eigenvalue weighted by molar-refractivity contribution is 6.30. The molecule has 0 atom stereocenters. The summed E-state index contributed by atoms with van der Waals surface area (Å²) >= 11 is 6.03. The predicted molar refractivity (Wildman–Crippen MR) is 98.2 cm³/mol. The van der Waals surface area contributed by atoms with Crippen LogP contribution in [0.4, 0.5) is 5.95 Å². The van der Waals surface area contributed by atoms with Gasteiger partial charge in [0.2, 0.25) is 5.95 Å². The van der Waals surface area contributed by atoms with Crippen LogP contribution in [0.15, 0.2) is 29.1 Å². The lowest BCUT2D eigenvalue weighted by Crippen LogP contribution is -2.47. The Morgan fingerprint density at radius 3 is 2.62 bits per heavy atom. The first-order valence-corrected chi connectivity index (χ1v) is 8.76. The molecule has 0 radical (unpaired) electrons. The molecule has 5 nitrogen and oxygen atoms in total. The van der Waals surface area contributed by atoms with Gasteiger partial charge in [0.1, 0.15) is 0 Å². The Bertz CT molecular complexity index is 766. The molecule has 24 heavy (non-hydrogen) atoms. The van der Waals surface area contributed by atoms with Crippen LogP contribution in [0.3, 0.4) is 0 Å². The number of benzene rings is 1. The number of nitrogens with zero attached hydrogens (tertiary/aromatic N) is 3. The molecule has 0 amide bonds. The van der Waals surface area contributed by atoms with E-state index in [1.165, 1.54) is 0 Å². The van der Waals surface area contributed by atoms with Crippen LogP contribution >= 0.6 is 11.6 Å². The molecular weight excluding hydrogens is 324 g/mol. The first kappa shape index (κ1) is 17.0. The Morgan fingerprint density at radius 2 is 2.00 bits per heavy atom. The third kappa shape index (κ3) is 3.79. The SMILES string of the molecule is CCN1CCN(c2nc(C)c(Cc3cccc(Cl)c3)c(=O)[nH]2)CC1. The third-order valence-corrected chi connectivity index (χ3v) is 4.83. The zero-order valence-electron chi connectivity index (χ0n) is 14.2. The summed E-state index contributed by atoms with van der Waals surface area (Å²) in [5, 5.41) is 0.681. The van der Waals surface area contributed by atoms with Crippen molar-refractivity contribution in [3.8, 4) is 0 Å². The number of H-pyrrole nitrogens is 1. The van der Waals surface area contributed by atoms with Crippen LogP contribution in [0.2, 0.25) is 5.02 Å². The summed E-state index contributed by atoms with van der Waals surface area (Å²) in [7, 11) is 0. The number of hydrogen-bond acceptors (Lipinski definition) is 4. The molecule has 1 aromatic carbocycles. The fourth-order valence-electron chi connectivity index (χ4n) is 3.08. The van der Waals surface area contributed by atoms with Gasteiger partial charge in [-0.25, -0.2) is 4.98 Å². The standard InChI is InChI=1S/C18H23ClN4O/c1-3-22-7-9-23(10-8-22)18-20-13(2)16(17(24)21-18)12-14-5-4-6-15(19)11-14/h4-6,11H,3,7-10,12H2,1-2H3,(H,20,21,24). The molecule has 1 aliphatic rings. The van der Waals surface area contributed by atoms with Crippen LogP contribution in [0.1, 0.15) is 23.7 Å². The molecule has 0 saturated carbocycles. The summed E-state index contributed by atoms with van der Waals surface area (Å²) in [5.41, 5.74) is 2.44. The maximum absolute atomic E-state index is 12.5. The zero-order chi connectivity index (χ0) is 17.1. The van der Waals surface area contributed by atoms with Crippen molar-refractivity contribution in [3.63, 3.8) is 0 Å². The molecule has 128 valence electrons. The van der Waals surface area contributed by atoms with Gasteiger partial charge >= 0.3 is 0 Å². The summed E-state index contributed by atoms with van der Waals surface area (Å²) < 4.78 is 0. The predicted octanol–water partition coefficient (Wildman–Crippen LogP) is 2.46. The number of likely N-dealkylation sites (N-methyl/N-ethyl adjacent to an activating group) is 1. The van der Waals surface area contributed by atoms with Gasteiger partial charge in [-0.1, -0.05) is 30.7 Å². The van der Waals surface area contributed by atoms with E-state index in [2.05, 4.69) is 26.7 Å². The molecule has 6 heteroatoms. The highest BCUT2D eigenvalue weighted by Crippen LogP contribution is 2.16. The number of nitrogens with one attached hydrogen (secondary N) is 1. The van der Waals surface area contributed by atoms with Gasteiger partial charge < -0.3 is 9.80 Å². The van der Waals surface area contributed by atoms with E-state index in [-0.39, 0.29) is 5.56 Å². The number of aromatic nitrogens is 2. The van der Waals surface area contributed by atoms with Crippen molar-refractivity contribution in [3.05, 3.63) is 56.5 Å². The van der Waals surface area contributed by atoms with Crippen LogP contribution in [-0.2, 0) is 6.42 Å². The van der Waals surface area contributed by atoms with E-state index >= 15 is 0 Å². The van der Waals surface area contributed by atoms with Crippen LogP contribution < -0.4 is 10.5 Å². The van der Waals surface area contributed by atoms with Gasteiger partial charge in [-0.2, -0.15) is 0 Å². The lowest BCUT2D eigenvalue weighted by Gasteiger charge is -2.34. The Labute approximate surface area is 147 Å². The van der Waals surface area contributed by atoms with Crippen molar-refractivity contribution in [1.29, 1.82) is 0 Å². The molecule has 2 aromatic rings. The second-order valence-electron chi connectivity index (χ2n) is 6.18. The Kier molecular flexibility index (Phi) is 5.21. The number of anilines is 1. The molecule has 0 unspecified atom stereocenters. The van der Waals surface area contributed by atoms with Gasteiger partial charge in [0.05, 0.1) is 5.69 Å². The number of piperazine rings is 1. The van der Waals surface area contributed by atoms with Crippen LogP contribution in [0.25, 0.3) is 0 Å². The van der Waals surface area contributed by atoms with Crippen LogP contribution in [-0.4, -0.2) is 47.6 Å². The number of hydrogen-bond donors (Lipinski definition) is 1. The molecule has 1 aromatic heterocycles. The minimum atomic E-state index is -0.0598. The van der Waals surface area contributed by atoms with Gasteiger partial charge in [0, 0.05) is 43.2 Å². The summed E-state index contributed by atoms with van der Waals surface area (Å²) in [6.07, 6.45) is 0.540. The van der Waals surface area contributed by atoms with Crippen LogP contribution in [0.5, 0.6) is 0 Å². The second kappa shape index (κ2) is 7.36. The van der Waals surface area contributed by atoms with E-state index in [1.807, 2.05) is 31.2 Å². The molecule has 1 fully saturated rings. The second-order valence-corrected chi connectivity index (χ2v) is 6.62. The highest BCUT2D eigenvalue weighted by atomic mass is 35.5. The van der Waals surface area contributed by atoms with E-state index in [0.717, 1.165) is 44.0 Å². The van der Waals surface area contributed by atoms with Gasteiger partial charge in [-0.15, -0.1) is 0 Å². The minimum Gasteiger partial charge on any atom is -0.340 e. The molecule has 3 rings (SSSR count). The smallest absolute Gasteiger partial charge is 0.256 e. The first-order valence-electron chi connectivity index (χ1n) is 8.38. The maximum atomic E-state index is 12.5. The zero-order valence-corrected chi connectivity index (χ0v) is 14.9. The summed E-state index contributed by atoms with van der Waals surface area (Å²) in [6.45, 7) is 8.93. The monoisotopic (exact) mass is 346 g/mol. The van der Waals surface area contributed by atoms with E-state index < -0.39 is 0 Å². The third-order valence-electron chi connectivity index (χ3n) is 4.60. The number of aromatic amines is 1. The molecule has 1 N–H and O–H groups in total. The summed E-state index contributed by atoms with van der Waals surface area (Å²) in [6, 6.07) is 7.59. The van der Waals surface area contributed by atoms with Crippen molar-refractivity contribution in [2.45, 2.75) is 20.3 Å². The van der Waals surface area contributed by atoms with Crippen molar-refractivity contribution >= 4 is 17.5 Å². The Balaban J connectivity index is 1.80. The molecule has 0 aliphatic carbocycles. The van der Waals surface area contributed by atoms with Crippen molar-refractivity contribution < 1.29 is 0 Å². The van der Waals surface area contributed by atoms with Gasteiger partial charge in [-0.3, -0.25) is 9.78 Å². The number of aryl methyl sites for hydroxylation is 1. The topological polar surface area (TPSA) is 52.2 Å². The average Bonchev–Trinajstić information content (AvgIpc) is 2.58. The lowest BCUT2D eigenvalue weighted by molar-refractivity contribution is 0.269. The van der Waals surface area contributed by atoms with Crippen molar-refractivity contribution in [1.82, 2.24) is 14.9 Å². The van der Waals surface area contributed by atoms with E-state index in [1.54, 1.807) is 0 Å². The molecular formula is C18H23ClN4O. The molecule has 1 saturated heterocycles. The van der Waals surface area contributed by atoms with E-state index in [0.29, 0.717) is 23.0 Å². The normalized spacial score (nSPS) is 15.7. The fraction of sp³-hybridized carbons (Fsp3) is 0.444. The highest BCUT2D eigenvalue weighted by Gasteiger charge is 2.19. The lowest BCUT2D eigenvalue weighted by atomic mass is 10.1. The number of halogens is 1. The largest absolute Gasteiger partial charge is 0.340 e. The average molecular weight is 347 g/mol. The number of rotatable bonds is 4. The quantitative estimate of drug-likeness (QED) is 0.924. The van der Waals surface area contributed by atoms with Crippen molar-refractivity contribution in [2.75, 3.05) is 37.6 Å². The summed E-state index contributed by atoms with van der Waals surface area (Å²) in [5.74, 6) is 0.683. The molecule has 1 aliphatic heterocycles. The Morgan fingerprint density at radius 1 is 1.25 bits per heavy atom. The first-order chi connectivity index (χ1) is 11.6. The van der Waals surface area contributed by atoms with Gasteiger partial charge in [-0.05, 0) is 31.2 Å². The van der Waals surface area contributed by atoms with Crippen molar-refractivity contribution in [2.24, 2.45) is 0 Å². The fourth-order valence-corrected chi connectivity index (χ4v) is 3.29. The minimum absolute atomic E-state index is 0.0598. The summed E-state index contributed by atoms with van der Waals surface area (Å²) in [4.78, 5) is 24.7. The van der Waals surface area contributed by atoms with Gasteiger partial charge in [0.25, 0.3) is 5.56 Å². The van der Waals surface area contributed by atoms with Crippen LogP contribution in [0, 0.1) is 6.92 Å². The molecule has 2 heterocycles. The molecule has 0 spiro atoms. The van der Waals surface area contributed by atoms with E-state index in [4.69, 9.17) is 11.6 Å². The van der Waals surface area contributed by atoms with Gasteiger partial charge in [0.15, 0.2) is 0 Å². The molecule has 0 bridgehead atoms. The van der Waals surface area contributed by atoms with E-state index in [9.17, 15) is 4.79 Å². The maximum Gasteiger partial charge on any atom is 0.256 e. The Hall–Kier alpha value is -1.85.